The summed E-state index contributed by atoms with van der Waals surface area (Å²) in [5, 5.41) is 12.5. The third-order valence-corrected chi connectivity index (χ3v) is 8.03. The number of rotatable bonds is 4. The zero-order valence-electron chi connectivity index (χ0n) is 19.9. The Morgan fingerprint density at radius 1 is 1.03 bits per heavy atom. The molecule has 4 rings (SSSR count). The molecule has 0 amide bonds. The molecular formula is C26H24F3N5O2S. The Hall–Kier alpha value is -3.88. The van der Waals surface area contributed by atoms with Crippen LogP contribution in [0.2, 0.25) is 0 Å². The fourth-order valence-corrected chi connectivity index (χ4v) is 5.86. The van der Waals surface area contributed by atoms with Crippen LogP contribution < -0.4 is 5.32 Å². The van der Waals surface area contributed by atoms with E-state index in [1.54, 1.807) is 41.4 Å². The lowest BCUT2D eigenvalue weighted by Crippen LogP contribution is -2.53. The van der Waals surface area contributed by atoms with Crippen LogP contribution in [-0.2, 0) is 16.2 Å². The van der Waals surface area contributed by atoms with E-state index in [0.29, 0.717) is 11.6 Å². The zero-order chi connectivity index (χ0) is 26.6. The Labute approximate surface area is 213 Å². The molecule has 1 atom stereocenters. The number of hydrogen-bond acceptors (Lipinski definition) is 4. The molecule has 0 radical (unpaired) electrons. The Balaban J connectivity index is 1.70. The maximum atomic E-state index is 13.6. The summed E-state index contributed by atoms with van der Waals surface area (Å²) in [7, 11) is -4.29. The van der Waals surface area contributed by atoms with Gasteiger partial charge < -0.3 is 10.2 Å². The summed E-state index contributed by atoms with van der Waals surface area (Å²) in [5.41, 5.74) is 1.30. The Bertz CT molecular complexity index is 1440. The highest BCUT2D eigenvalue weighted by atomic mass is 32.2. The van der Waals surface area contributed by atoms with Crippen LogP contribution in [0.1, 0.15) is 22.7 Å². The molecule has 11 heteroatoms. The van der Waals surface area contributed by atoms with E-state index in [9.17, 15) is 26.9 Å². The second kappa shape index (κ2) is 10.6. The third kappa shape index (κ3) is 5.76. The van der Waals surface area contributed by atoms with Gasteiger partial charge in [0.1, 0.15) is 0 Å². The van der Waals surface area contributed by atoms with Gasteiger partial charge in [-0.15, -0.1) is 4.99 Å². The molecule has 0 bridgehead atoms. The van der Waals surface area contributed by atoms with E-state index in [2.05, 4.69) is 10.3 Å². The second-order valence-corrected chi connectivity index (χ2v) is 10.4. The molecule has 1 aliphatic rings. The molecule has 3 aromatic carbocycles. The molecule has 1 fully saturated rings. The number of anilines is 1. The minimum Gasteiger partial charge on any atom is -0.339 e. The van der Waals surface area contributed by atoms with Gasteiger partial charge in [0.2, 0.25) is 22.2 Å². The summed E-state index contributed by atoms with van der Waals surface area (Å²) >= 11 is 0. The van der Waals surface area contributed by atoms with Crippen LogP contribution in [-0.4, -0.2) is 43.2 Å². The highest BCUT2D eigenvalue weighted by molar-refractivity contribution is 7.89. The number of benzene rings is 3. The number of nitrogens with zero attached hydrogens (tertiary/aromatic N) is 4. The average molecular weight is 528 g/mol. The lowest BCUT2D eigenvalue weighted by Gasteiger charge is -2.41. The number of nitriles is 1. The van der Waals surface area contributed by atoms with Crippen molar-refractivity contribution in [1.82, 2.24) is 9.21 Å². The first-order valence-electron chi connectivity index (χ1n) is 11.4. The molecule has 7 nitrogen and oxygen atoms in total. The summed E-state index contributed by atoms with van der Waals surface area (Å²) in [6.07, 6.45) is -2.88. The number of alkyl halides is 3. The van der Waals surface area contributed by atoms with Gasteiger partial charge in [-0.3, -0.25) is 0 Å². The zero-order valence-corrected chi connectivity index (χ0v) is 20.7. The van der Waals surface area contributed by atoms with Gasteiger partial charge in [0.15, 0.2) is 0 Å². The van der Waals surface area contributed by atoms with Crippen molar-refractivity contribution in [1.29, 1.82) is 5.26 Å². The van der Waals surface area contributed by atoms with Crippen molar-refractivity contribution in [3.05, 3.63) is 95.6 Å². The third-order valence-electron chi connectivity index (χ3n) is 6.13. The van der Waals surface area contributed by atoms with Gasteiger partial charge in [0, 0.05) is 25.3 Å². The minimum absolute atomic E-state index is 0.0297. The van der Waals surface area contributed by atoms with Gasteiger partial charge in [0.05, 0.1) is 16.5 Å². The van der Waals surface area contributed by atoms with Crippen molar-refractivity contribution in [2.75, 3.05) is 25.0 Å². The van der Waals surface area contributed by atoms with E-state index in [-0.39, 0.29) is 25.6 Å². The van der Waals surface area contributed by atoms with Crippen molar-refractivity contribution >= 4 is 21.7 Å². The number of guanidine groups is 1. The van der Waals surface area contributed by atoms with Gasteiger partial charge in [-0.25, -0.2) is 8.42 Å². The molecule has 0 spiro atoms. The lowest BCUT2D eigenvalue weighted by molar-refractivity contribution is -0.137. The maximum Gasteiger partial charge on any atom is 0.416 e. The number of para-hydroxylation sites is 1. The predicted octanol–water partition coefficient (Wildman–Crippen LogP) is 5.01. The molecule has 0 aliphatic carbocycles. The predicted molar refractivity (Wildman–Crippen MR) is 134 cm³/mol. The van der Waals surface area contributed by atoms with Crippen LogP contribution in [0.3, 0.4) is 0 Å². The number of halogens is 3. The van der Waals surface area contributed by atoms with Crippen LogP contribution in [0.15, 0.2) is 88.8 Å². The summed E-state index contributed by atoms with van der Waals surface area (Å²) in [5.74, 6) is 0.258. The minimum atomic E-state index is -4.67. The van der Waals surface area contributed by atoms with Crippen LogP contribution in [0.4, 0.5) is 18.9 Å². The molecule has 192 valence electrons. The first-order chi connectivity index (χ1) is 17.6. The summed E-state index contributed by atoms with van der Waals surface area (Å²) in [4.78, 5) is 5.28. The standard InChI is InChI=1S/C26H24F3N5O2S/c1-19-8-5-6-13-23(19)32-25(31-18-30)33-14-15-34(24(17-33)20-9-3-2-4-10-20)37(35,36)22-12-7-11-21(16-22)26(27,28)29/h2-13,16,24H,14-15,17H2,1H3,(H,31,32). The quantitative estimate of drug-likeness (QED) is 0.293. The number of aryl methyl sites for hydroxylation is 1. The lowest BCUT2D eigenvalue weighted by atomic mass is 10.0. The van der Waals surface area contributed by atoms with Crippen molar-refractivity contribution in [3.8, 4) is 6.19 Å². The molecule has 0 aromatic heterocycles. The fraction of sp³-hybridized carbons (Fsp3) is 0.231. The highest BCUT2D eigenvalue weighted by Crippen LogP contribution is 2.35. The molecule has 3 aromatic rings. The van der Waals surface area contributed by atoms with Gasteiger partial charge in [-0.05, 0) is 42.3 Å². The molecule has 0 saturated carbocycles. The Morgan fingerprint density at radius 3 is 2.41 bits per heavy atom. The first-order valence-corrected chi connectivity index (χ1v) is 12.8. The fourth-order valence-electron chi connectivity index (χ4n) is 4.22. The van der Waals surface area contributed by atoms with Gasteiger partial charge >= 0.3 is 6.18 Å². The topological polar surface area (TPSA) is 88.8 Å². The van der Waals surface area contributed by atoms with Gasteiger partial charge in [0.25, 0.3) is 0 Å². The van der Waals surface area contributed by atoms with E-state index in [1.165, 1.54) is 10.4 Å². The van der Waals surface area contributed by atoms with E-state index >= 15 is 0 Å². The van der Waals surface area contributed by atoms with Crippen LogP contribution in [0.25, 0.3) is 0 Å². The van der Waals surface area contributed by atoms with Crippen LogP contribution in [0.5, 0.6) is 0 Å². The second-order valence-electron chi connectivity index (χ2n) is 8.49. The van der Waals surface area contributed by atoms with E-state index in [4.69, 9.17) is 0 Å². The van der Waals surface area contributed by atoms with Crippen molar-refractivity contribution < 1.29 is 21.6 Å². The van der Waals surface area contributed by atoms with Crippen molar-refractivity contribution in [2.45, 2.75) is 24.0 Å². The van der Waals surface area contributed by atoms with Gasteiger partial charge in [-0.1, -0.05) is 54.6 Å². The van der Waals surface area contributed by atoms with Gasteiger partial charge in [-0.2, -0.15) is 22.7 Å². The van der Waals surface area contributed by atoms with Crippen molar-refractivity contribution in [3.63, 3.8) is 0 Å². The monoisotopic (exact) mass is 527 g/mol. The number of sulfonamides is 1. The van der Waals surface area contributed by atoms with Crippen LogP contribution in [0, 0.1) is 18.4 Å². The molecule has 1 aliphatic heterocycles. The number of nitrogens with one attached hydrogen (secondary N) is 1. The highest BCUT2D eigenvalue weighted by Gasteiger charge is 2.39. The molecular weight excluding hydrogens is 503 g/mol. The van der Waals surface area contributed by atoms with E-state index in [0.717, 1.165) is 23.4 Å². The molecule has 1 unspecified atom stereocenters. The first kappa shape index (κ1) is 26.2. The Morgan fingerprint density at radius 2 is 1.73 bits per heavy atom. The van der Waals surface area contributed by atoms with Crippen molar-refractivity contribution in [2.24, 2.45) is 4.99 Å². The Kier molecular flexibility index (Phi) is 7.52. The normalized spacial score (nSPS) is 17.3. The summed E-state index contributed by atoms with van der Waals surface area (Å²) < 4.78 is 68.4. The number of aliphatic imine (C=N–C) groups is 1. The smallest absolute Gasteiger partial charge is 0.339 e. The van der Waals surface area contributed by atoms with E-state index in [1.807, 2.05) is 31.2 Å². The SMILES string of the molecule is Cc1ccccc1N/C(=N/C#N)N1CCN(S(=O)(=O)c2cccc(C(F)(F)F)c2)C(c2ccccc2)C1. The number of hydrogen-bond donors (Lipinski definition) is 1. The van der Waals surface area contributed by atoms with Crippen LogP contribution >= 0.6 is 0 Å². The van der Waals surface area contributed by atoms with E-state index < -0.39 is 32.7 Å². The summed E-state index contributed by atoms with van der Waals surface area (Å²) in [6, 6.07) is 19.3. The number of piperazine rings is 1. The molecule has 1 heterocycles. The molecule has 1 N–H and O–H groups in total. The largest absolute Gasteiger partial charge is 0.416 e. The average Bonchev–Trinajstić information content (AvgIpc) is 2.89. The summed E-state index contributed by atoms with van der Waals surface area (Å²) in [6.45, 7) is 2.17. The molecule has 37 heavy (non-hydrogen) atoms. The maximum absolute atomic E-state index is 13.6. The molecule has 1 saturated heterocycles.